The lowest BCUT2D eigenvalue weighted by Gasteiger charge is -2.37. The van der Waals surface area contributed by atoms with Crippen LogP contribution in [0.2, 0.25) is 0 Å². The monoisotopic (exact) mass is 409 g/mol. The molecule has 1 saturated heterocycles. The predicted molar refractivity (Wildman–Crippen MR) is 114 cm³/mol. The summed E-state index contributed by atoms with van der Waals surface area (Å²) in [5, 5.41) is 1.04. The van der Waals surface area contributed by atoms with E-state index in [-0.39, 0.29) is 12.5 Å². The summed E-state index contributed by atoms with van der Waals surface area (Å²) in [4.78, 5) is 22.0. The summed E-state index contributed by atoms with van der Waals surface area (Å²) >= 11 is 1.74. The highest BCUT2D eigenvalue weighted by Gasteiger charge is 2.33. The van der Waals surface area contributed by atoms with E-state index in [2.05, 4.69) is 30.9 Å². The van der Waals surface area contributed by atoms with Gasteiger partial charge in [0.15, 0.2) is 16.6 Å². The van der Waals surface area contributed by atoms with Crippen LogP contribution in [0.1, 0.15) is 11.1 Å². The first kappa shape index (κ1) is 18.2. The molecule has 5 rings (SSSR count). The molecule has 2 aliphatic heterocycles. The number of anilines is 1. The van der Waals surface area contributed by atoms with Crippen molar-refractivity contribution in [3.05, 3.63) is 47.5 Å². The minimum atomic E-state index is -0.579. The first-order valence-corrected chi connectivity index (χ1v) is 10.7. The molecule has 0 bridgehead atoms. The minimum absolute atomic E-state index is 0.00450. The molecule has 6 nitrogen and oxygen atoms in total. The van der Waals surface area contributed by atoms with E-state index in [1.165, 1.54) is 15.8 Å². The Hall–Kier alpha value is -2.80. The molecule has 7 heteroatoms. The fraction of sp³-hybridized carbons (Fsp3) is 0.364. The van der Waals surface area contributed by atoms with Crippen molar-refractivity contribution in [1.82, 2.24) is 9.88 Å². The standard InChI is InChI=1S/C22H23N3O3S/c1-14-7-8-15(2)20-19(14)23-22(29-20)25-11-9-24(10-12-25)21(26)18-13-27-16-5-3-4-6-17(16)28-18/h3-8,18H,9-13H2,1-2H3/t18-/m0/s1. The second-order valence-electron chi connectivity index (χ2n) is 7.55. The third kappa shape index (κ3) is 3.29. The molecular weight excluding hydrogens is 386 g/mol. The van der Waals surface area contributed by atoms with E-state index < -0.39 is 6.10 Å². The van der Waals surface area contributed by atoms with Crippen LogP contribution in [0.15, 0.2) is 36.4 Å². The molecule has 3 aromatic rings. The Morgan fingerprint density at radius 3 is 2.52 bits per heavy atom. The fourth-order valence-corrected chi connectivity index (χ4v) is 5.01. The maximum Gasteiger partial charge on any atom is 0.267 e. The number of hydrogen-bond donors (Lipinski definition) is 0. The number of aromatic nitrogens is 1. The van der Waals surface area contributed by atoms with Gasteiger partial charge in [0.2, 0.25) is 6.10 Å². The zero-order valence-corrected chi connectivity index (χ0v) is 17.4. The van der Waals surface area contributed by atoms with Gasteiger partial charge in [0, 0.05) is 26.2 Å². The van der Waals surface area contributed by atoms with Crippen LogP contribution in [-0.4, -0.2) is 54.7 Å². The molecule has 0 N–H and O–H groups in total. The van der Waals surface area contributed by atoms with Gasteiger partial charge in [-0.1, -0.05) is 35.6 Å². The summed E-state index contributed by atoms with van der Waals surface area (Å²) in [5.41, 5.74) is 3.56. The molecule has 1 amide bonds. The zero-order valence-electron chi connectivity index (χ0n) is 16.6. The van der Waals surface area contributed by atoms with Gasteiger partial charge < -0.3 is 19.3 Å². The number of piperazine rings is 1. The van der Waals surface area contributed by atoms with Crippen molar-refractivity contribution < 1.29 is 14.3 Å². The second kappa shape index (κ2) is 7.22. The van der Waals surface area contributed by atoms with E-state index in [4.69, 9.17) is 14.5 Å². The molecule has 1 aromatic heterocycles. The van der Waals surface area contributed by atoms with Crippen LogP contribution in [0.25, 0.3) is 10.2 Å². The molecule has 29 heavy (non-hydrogen) atoms. The number of nitrogens with zero attached hydrogens (tertiary/aromatic N) is 3. The molecule has 2 aliphatic rings. The Morgan fingerprint density at radius 1 is 1.03 bits per heavy atom. The Labute approximate surface area is 173 Å². The molecule has 3 heterocycles. The van der Waals surface area contributed by atoms with Crippen LogP contribution in [0.4, 0.5) is 5.13 Å². The van der Waals surface area contributed by atoms with E-state index in [0.717, 1.165) is 23.7 Å². The van der Waals surface area contributed by atoms with E-state index in [1.807, 2.05) is 29.2 Å². The second-order valence-corrected chi connectivity index (χ2v) is 8.53. The summed E-state index contributed by atoms with van der Waals surface area (Å²) in [7, 11) is 0. The van der Waals surface area contributed by atoms with Crippen LogP contribution in [-0.2, 0) is 4.79 Å². The molecule has 0 aliphatic carbocycles. The smallest absolute Gasteiger partial charge is 0.267 e. The zero-order chi connectivity index (χ0) is 20.0. The van der Waals surface area contributed by atoms with Gasteiger partial charge in [-0.25, -0.2) is 4.98 Å². The van der Waals surface area contributed by atoms with Crippen molar-refractivity contribution in [2.45, 2.75) is 20.0 Å². The number of carbonyl (C=O) groups is 1. The van der Waals surface area contributed by atoms with Crippen molar-refractivity contribution in [3.8, 4) is 11.5 Å². The molecule has 150 valence electrons. The number of benzene rings is 2. The number of carbonyl (C=O) groups excluding carboxylic acids is 1. The molecule has 0 unspecified atom stereocenters. The highest BCUT2D eigenvalue weighted by Crippen LogP contribution is 2.34. The van der Waals surface area contributed by atoms with E-state index >= 15 is 0 Å². The number of rotatable bonds is 2. The van der Waals surface area contributed by atoms with Crippen molar-refractivity contribution in [2.75, 3.05) is 37.7 Å². The maximum absolute atomic E-state index is 12.9. The normalized spacial score (nSPS) is 18.9. The van der Waals surface area contributed by atoms with Crippen molar-refractivity contribution in [2.24, 2.45) is 0 Å². The van der Waals surface area contributed by atoms with Gasteiger partial charge in [0.1, 0.15) is 6.61 Å². The highest BCUT2D eigenvalue weighted by atomic mass is 32.1. The lowest BCUT2D eigenvalue weighted by atomic mass is 10.1. The average molecular weight is 410 g/mol. The van der Waals surface area contributed by atoms with E-state index in [9.17, 15) is 4.79 Å². The lowest BCUT2D eigenvalue weighted by molar-refractivity contribution is -0.141. The molecule has 0 radical (unpaired) electrons. The molecule has 0 saturated carbocycles. The van der Waals surface area contributed by atoms with Crippen LogP contribution in [0, 0.1) is 13.8 Å². The molecule has 0 spiro atoms. The third-order valence-electron chi connectivity index (χ3n) is 5.58. The van der Waals surface area contributed by atoms with Gasteiger partial charge in [-0.15, -0.1) is 0 Å². The van der Waals surface area contributed by atoms with Crippen molar-refractivity contribution in [3.63, 3.8) is 0 Å². The first-order chi connectivity index (χ1) is 14.1. The Bertz CT molecular complexity index is 1030. The summed E-state index contributed by atoms with van der Waals surface area (Å²) < 4.78 is 12.8. The van der Waals surface area contributed by atoms with E-state index in [1.54, 1.807) is 11.3 Å². The van der Waals surface area contributed by atoms with Gasteiger partial charge in [-0.2, -0.15) is 0 Å². The number of fused-ring (bicyclic) bond motifs is 2. The van der Waals surface area contributed by atoms with Crippen molar-refractivity contribution in [1.29, 1.82) is 0 Å². The SMILES string of the molecule is Cc1ccc(C)c2sc(N3CCN(C(=O)[C@@H]4COc5ccccc5O4)CC3)nc12. The topological polar surface area (TPSA) is 54.9 Å². The summed E-state index contributed by atoms with van der Waals surface area (Å²) in [6.07, 6.45) is -0.579. The first-order valence-electron chi connectivity index (χ1n) is 9.89. The molecule has 1 atom stereocenters. The summed E-state index contributed by atoms with van der Waals surface area (Å²) in [6, 6.07) is 11.8. The molecule has 2 aromatic carbocycles. The Balaban J connectivity index is 1.26. The van der Waals surface area contributed by atoms with Gasteiger partial charge in [0.05, 0.1) is 10.2 Å². The minimum Gasteiger partial charge on any atom is -0.485 e. The van der Waals surface area contributed by atoms with Crippen LogP contribution >= 0.6 is 11.3 Å². The van der Waals surface area contributed by atoms with Crippen LogP contribution in [0.5, 0.6) is 11.5 Å². The quantitative estimate of drug-likeness (QED) is 0.649. The third-order valence-corrected chi connectivity index (χ3v) is 6.83. The summed E-state index contributed by atoms with van der Waals surface area (Å²) in [5.74, 6) is 1.33. The fourth-order valence-electron chi connectivity index (χ4n) is 3.85. The number of para-hydroxylation sites is 2. The maximum atomic E-state index is 12.9. The average Bonchev–Trinajstić information content (AvgIpc) is 3.23. The van der Waals surface area contributed by atoms with Crippen LogP contribution in [0.3, 0.4) is 0 Å². The number of hydrogen-bond acceptors (Lipinski definition) is 6. The molecular formula is C22H23N3O3S. The van der Waals surface area contributed by atoms with Crippen LogP contribution < -0.4 is 14.4 Å². The largest absolute Gasteiger partial charge is 0.485 e. The predicted octanol–water partition coefficient (Wildman–Crippen LogP) is 3.40. The van der Waals surface area contributed by atoms with E-state index in [0.29, 0.717) is 24.6 Å². The number of aryl methyl sites for hydroxylation is 2. The Morgan fingerprint density at radius 2 is 1.76 bits per heavy atom. The van der Waals surface area contributed by atoms with Gasteiger partial charge in [0.25, 0.3) is 5.91 Å². The lowest BCUT2D eigenvalue weighted by Crippen LogP contribution is -2.54. The van der Waals surface area contributed by atoms with Gasteiger partial charge >= 0.3 is 0 Å². The number of amides is 1. The van der Waals surface area contributed by atoms with Gasteiger partial charge in [-0.3, -0.25) is 4.79 Å². The molecule has 1 fully saturated rings. The Kier molecular flexibility index (Phi) is 4.54. The highest BCUT2D eigenvalue weighted by molar-refractivity contribution is 7.22. The van der Waals surface area contributed by atoms with Gasteiger partial charge in [-0.05, 0) is 37.1 Å². The van der Waals surface area contributed by atoms with Crippen molar-refractivity contribution >= 4 is 32.6 Å². The summed E-state index contributed by atoms with van der Waals surface area (Å²) in [6.45, 7) is 7.35. The number of ether oxygens (including phenoxy) is 2. The number of thiazole rings is 1.